The molecule has 0 aromatic carbocycles. The third-order valence-electron chi connectivity index (χ3n) is 2.12. The number of hydrogen-bond donors (Lipinski definition) is 2. The average Bonchev–Trinajstić information content (AvgIpc) is 2.04. The highest BCUT2D eigenvalue weighted by Crippen LogP contribution is 2.23. The molecule has 13 heavy (non-hydrogen) atoms. The summed E-state index contributed by atoms with van der Waals surface area (Å²) in [6, 6.07) is 0.903. The van der Waals surface area contributed by atoms with Crippen LogP contribution in [0.5, 0.6) is 0 Å². The van der Waals surface area contributed by atoms with Crippen LogP contribution >= 0.6 is 0 Å². The molecule has 0 unspecified atom stereocenters. The maximum Gasteiger partial charge on any atom is 0.214 e. The van der Waals surface area contributed by atoms with Crippen molar-refractivity contribution in [1.29, 1.82) is 0 Å². The molecule has 4 nitrogen and oxygen atoms in total. The van der Waals surface area contributed by atoms with E-state index in [1.165, 1.54) is 6.42 Å². The quantitative estimate of drug-likeness (QED) is 0.699. The minimum absolute atomic E-state index is 0.198. The molecule has 1 fully saturated rings. The molecular weight excluding hydrogens is 190 g/mol. The highest BCUT2D eigenvalue weighted by molar-refractivity contribution is 7.89. The summed E-state index contributed by atoms with van der Waals surface area (Å²) in [5, 5.41) is 8.50. The summed E-state index contributed by atoms with van der Waals surface area (Å²) >= 11 is 0. The van der Waals surface area contributed by atoms with Gasteiger partial charge in [-0.25, -0.2) is 13.1 Å². The van der Waals surface area contributed by atoms with Crippen LogP contribution in [0.1, 0.15) is 32.1 Å². The maximum atomic E-state index is 11.2. The van der Waals surface area contributed by atoms with E-state index in [1.54, 1.807) is 0 Å². The van der Waals surface area contributed by atoms with Gasteiger partial charge in [0.25, 0.3) is 0 Å². The molecule has 0 aromatic heterocycles. The van der Waals surface area contributed by atoms with Crippen LogP contribution in [0.4, 0.5) is 0 Å². The second-order valence-electron chi connectivity index (χ2n) is 3.31. The van der Waals surface area contributed by atoms with Gasteiger partial charge in [-0.15, -0.1) is 0 Å². The Kier molecular flexibility index (Phi) is 4.15. The first-order valence-corrected chi connectivity index (χ1v) is 6.25. The number of nitrogens with one attached hydrogen (secondary N) is 1. The summed E-state index contributed by atoms with van der Waals surface area (Å²) in [4.78, 5) is 0. The molecule has 0 aliphatic heterocycles. The fourth-order valence-electron chi connectivity index (χ4n) is 1.47. The van der Waals surface area contributed by atoms with E-state index in [2.05, 4.69) is 4.72 Å². The molecule has 1 aliphatic rings. The summed E-state index contributed by atoms with van der Waals surface area (Å²) in [6.45, 7) is -0.317. The van der Waals surface area contributed by atoms with Gasteiger partial charge in [0.15, 0.2) is 0 Å². The second kappa shape index (κ2) is 4.93. The van der Waals surface area contributed by atoms with E-state index in [0.717, 1.165) is 31.7 Å². The largest absolute Gasteiger partial charge is 0.395 e. The SMILES string of the molecule is O=S(=O)(CCO)N[C]1CCCCC1. The zero-order valence-corrected chi connectivity index (χ0v) is 8.44. The first-order chi connectivity index (χ1) is 6.14. The molecule has 1 rings (SSSR count). The molecule has 0 spiro atoms. The summed E-state index contributed by atoms with van der Waals surface area (Å²) in [5.74, 6) is -0.198. The van der Waals surface area contributed by atoms with Crippen LogP contribution in [0, 0.1) is 6.04 Å². The maximum absolute atomic E-state index is 11.2. The molecule has 0 heterocycles. The Morgan fingerprint density at radius 3 is 2.38 bits per heavy atom. The number of sulfonamides is 1. The van der Waals surface area contributed by atoms with Crippen LogP contribution in [0.25, 0.3) is 0 Å². The van der Waals surface area contributed by atoms with Gasteiger partial charge >= 0.3 is 0 Å². The molecule has 0 atom stereocenters. The van der Waals surface area contributed by atoms with Gasteiger partial charge in [0.2, 0.25) is 10.0 Å². The van der Waals surface area contributed by atoms with E-state index in [0.29, 0.717) is 0 Å². The van der Waals surface area contributed by atoms with Crippen molar-refractivity contribution in [2.75, 3.05) is 12.4 Å². The Bertz CT molecular complexity index is 232. The van der Waals surface area contributed by atoms with E-state index >= 15 is 0 Å². The van der Waals surface area contributed by atoms with Gasteiger partial charge in [0.05, 0.1) is 18.4 Å². The van der Waals surface area contributed by atoms with Crippen molar-refractivity contribution in [2.45, 2.75) is 32.1 Å². The molecule has 1 radical (unpaired) electrons. The minimum atomic E-state index is -3.27. The monoisotopic (exact) mass is 206 g/mol. The lowest BCUT2D eigenvalue weighted by molar-refractivity contribution is 0.319. The third-order valence-corrected chi connectivity index (χ3v) is 3.44. The van der Waals surface area contributed by atoms with Crippen molar-refractivity contribution in [3.8, 4) is 0 Å². The molecule has 1 aliphatic carbocycles. The van der Waals surface area contributed by atoms with Gasteiger partial charge < -0.3 is 5.11 Å². The van der Waals surface area contributed by atoms with Gasteiger partial charge in [0.1, 0.15) is 0 Å². The van der Waals surface area contributed by atoms with Gasteiger partial charge in [-0.05, 0) is 12.8 Å². The number of hydrogen-bond acceptors (Lipinski definition) is 3. The lowest BCUT2D eigenvalue weighted by Crippen LogP contribution is -2.32. The average molecular weight is 206 g/mol. The summed E-state index contributed by atoms with van der Waals surface area (Å²) in [7, 11) is -3.27. The van der Waals surface area contributed by atoms with E-state index in [9.17, 15) is 8.42 Å². The molecule has 0 amide bonds. The Labute approximate surface area is 79.4 Å². The molecule has 5 heteroatoms. The van der Waals surface area contributed by atoms with Crippen molar-refractivity contribution in [2.24, 2.45) is 0 Å². The molecule has 0 bridgehead atoms. The molecule has 1 saturated carbocycles. The topological polar surface area (TPSA) is 66.4 Å². The van der Waals surface area contributed by atoms with Crippen molar-refractivity contribution in [3.63, 3.8) is 0 Å². The fraction of sp³-hybridized carbons (Fsp3) is 0.875. The standard InChI is InChI=1S/C8H16NO3S/c10-6-7-13(11,12)9-8-4-2-1-3-5-8/h9-10H,1-7H2. The number of aliphatic hydroxyl groups excluding tert-OH is 1. The van der Waals surface area contributed by atoms with Crippen molar-refractivity contribution >= 4 is 10.0 Å². The number of rotatable bonds is 4. The predicted octanol–water partition coefficient (Wildman–Crippen LogP) is 0.394. The lowest BCUT2D eigenvalue weighted by atomic mass is 9.96. The third kappa shape index (κ3) is 4.06. The van der Waals surface area contributed by atoms with Crippen LogP contribution in [0.15, 0.2) is 0 Å². The van der Waals surface area contributed by atoms with Gasteiger partial charge in [-0.2, -0.15) is 0 Å². The van der Waals surface area contributed by atoms with Gasteiger partial charge in [-0.1, -0.05) is 19.3 Å². The molecular formula is C8H16NO3S. The Hall–Kier alpha value is -0.130. The molecule has 0 saturated heterocycles. The van der Waals surface area contributed by atoms with Crippen molar-refractivity contribution in [1.82, 2.24) is 4.72 Å². The van der Waals surface area contributed by atoms with E-state index in [-0.39, 0.29) is 12.4 Å². The molecule has 0 aromatic rings. The summed E-state index contributed by atoms with van der Waals surface area (Å²) in [6.07, 6.45) is 5.02. The predicted molar refractivity (Wildman–Crippen MR) is 50.3 cm³/mol. The Morgan fingerprint density at radius 1 is 1.23 bits per heavy atom. The zero-order valence-electron chi connectivity index (χ0n) is 7.62. The molecule has 77 valence electrons. The molecule has 2 N–H and O–H groups in total. The minimum Gasteiger partial charge on any atom is -0.395 e. The van der Waals surface area contributed by atoms with Gasteiger partial charge in [-0.3, -0.25) is 0 Å². The summed E-state index contributed by atoms with van der Waals surface area (Å²) in [5.41, 5.74) is 0. The first-order valence-electron chi connectivity index (χ1n) is 4.60. The fourth-order valence-corrected chi connectivity index (χ4v) is 2.46. The van der Waals surface area contributed by atoms with Gasteiger partial charge in [0, 0.05) is 0 Å². The van der Waals surface area contributed by atoms with Crippen LogP contribution < -0.4 is 4.72 Å². The van der Waals surface area contributed by atoms with Crippen LogP contribution in [0.2, 0.25) is 0 Å². The summed E-state index contributed by atoms with van der Waals surface area (Å²) < 4.78 is 24.9. The normalized spacial score (nSPS) is 20.4. The van der Waals surface area contributed by atoms with E-state index in [1.807, 2.05) is 0 Å². The van der Waals surface area contributed by atoms with Crippen LogP contribution in [-0.2, 0) is 10.0 Å². The highest BCUT2D eigenvalue weighted by atomic mass is 32.2. The highest BCUT2D eigenvalue weighted by Gasteiger charge is 2.19. The zero-order chi connectivity index (χ0) is 9.73. The Balaban J connectivity index is 2.37. The van der Waals surface area contributed by atoms with Crippen LogP contribution in [0.3, 0.4) is 0 Å². The van der Waals surface area contributed by atoms with Crippen molar-refractivity contribution < 1.29 is 13.5 Å². The number of aliphatic hydroxyl groups is 1. The van der Waals surface area contributed by atoms with E-state index < -0.39 is 10.0 Å². The second-order valence-corrected chi connectivity index (χ2v) is 5.15. The first kappa shape index (κ1) is 10.9. The van der Waals surface area contributed by atoms with Crippen molar-refractivity contribution in [3.05, 3.63) is 6.04 Å². The van der Waals surface area contributed by atoms with Crippen LogP contribution in [-0.4, -0.2) is 25.9 Å². The Morgan fingerprint density at radius 2 is 1.85 bits per heavy atom. The lowest BCUT2D eigenvalue weighted by Gasteiger charge is -2.21. The van der Waals surface area contributed by atoms with E-state index in [4.69, 9.17) is 5.11 Å². The smallest absolute Gasteiger partial charge is 0.214 e.